The first-order chi connectivity index (χ1) is 11.2. The number of hydrogen-bond donors (Lipinski definition) is 1. The SMILES string of the molecule is O=C(Nc1nnc(C2CC2)s1)c1ccc(-c2ccc(Cl)cc2)o1. The Balaban J connectivity index is 1.48. The fourth-order valence-corrected chi connectivity index (χ4v) is 3.20. The summed E-state index contributed by atoms with van der Waals surface area (Å²) in [5.74, 6) is 1.04. The molecule has 1 aliphatic carbocycles. The molecule has 4 rings (SSSR count). The summed E-state index contributed by atoms with van der Waals surface area (Å²) in [4.78, 5) is 12.2. The number of halogens is 1. The average Bonchev–Trinajstić information content (AvgIpc) is 3.10. The van der Waals surface area contributed by atoms with Crippen LogP contribution in [0.1, 0.15) is 34.3 Å². The number of amides is 1. The van der Waals surface area contributed by atoms with Crippen LogP contribution in [0.25, 0.3) is 11.3 Å². The highest BCUT2D eigenvalue weighted by Crippen LogP contribution is 2.42. The van der Waals surface area contributed by atoms with Crippen LogP contribution in [0.5, 0.6) is 0 Å². The standard InChI is InChI=1S/C16H12ClN3O2S/c17-11-5-3-9(4-6-11)12-7-8-13(22-12)14(21)18-16-20-19-15(23-16)10-1-2-10/h3-8,10H,1-2H2,(H,18,20,21). The number of carbonyl (C=O) groups excluding carboxylic acids is 1. The molecule has 0 bridgehead atoms. The lowest BCUT2D eigenvalue weighted by Crippen LogP contribution is -2.10. The number of hydrogen-bond acceptors (Lipinski definition) is 5. The van der Waals surface area contributed by atoms with E-state index >= 15 is 0 Å². The maximum atomic E-state index is 12.2. The van der Waals surface area contributed by atoms with Crippen LogP contribution >= 0.6 is 22.9 Å². The highest BCUT2D eigenvalue weighted by Gasteiger charge is 2.28. The van der Waals surface area contributed by atoms with Crippen LogP contribution in [0.2, 0.25) is 5.02 Å². The Labute approximate surface area is 141 Å². The molecule has 1 amide bonds. The first-order valence-electron chi connectivity index (χ1n) is 7.19. The van der Waals surface area contributed by atoms with Gasteiger partial charge in [0.2, 0.25) is 5.13 Å². The van der Waals surface area contributed by atoms with Gasteiger partial charge in [-0.2, -0.15) is 0 Å². The van der Waals surface area contributed by atoms with E-state index < -0.39 is 0 Å². The van der Waals surface area contributed by atoms with Crippen molar-refractivity contribution in [1.82, 2.24) is 10.2 Å². The topological polar surface area (TPSA) is 68.0 Å². The van der Waals surface area contributed by atoms with E-state index in [1.165, 1.54) is 11.3 Å². The minimum Gasteiger partial charge on any atom is -0.451 e. The smallest absolute Gasteiger partial charge is 0.293 e. The van der Waals surface area contributed by atoms with Gasteiger partial charge in [0.25, 0.3) is 5.91 Å². The Morgan fingerprint density at radius 3 is 2.70 bits per heavy atom. The molecule has 0 saturated heterocycles. The largest absolute Gasteiger partial charge is 0.451 e. The van der Waals surface area contributed by atoms with Gasteiger partial charge in [-0.15, -0.1) is 10.2 Å². The maximum absolute atomic E-state index is 12.2. The van der Waals surface area contributed by atoms with Crippen molar-refractivity contribution in [2.24, 2.45) is 0 Å². The molecule has 0 atom stereocenters. The third-order valence-corrected chi connectivity index (χ3v) is 4.80. The third-order valence-electron chi connectivity index (χ3n) is 3.55. The van der Waals surface area contributed by atoms with Crippen LogP contribution in [0, 0.1) is 0 Å². The zero-order chi connectivity index (χ0) is 15.8. The molecule has 1 fully saturated rings. The van der Waals surface area contributed by atoms with Crippen molar-refractivity contribution in [2.75, 3.05) is 5.32 Å². The summed E-state index contributed by atoms with van der Waals surface area (Å²) in [5, 5.41) is 13.0. The van der Waals surface area contributed by atoms with E-state index in [-0.39, 0.29) is 11.7 Å². The lowest BCUT2D eigenvalue weighted by Gasteiger charge is -1.98. The lowest BCUT2D eigenvalue weighted by molar-refractivity contribution is 0.0997. The Morgan fingerprint density at radius 2 is 1.96 bits per heavy atom. The molecular formula is C16H12ClN3O2S. The van der Waals surface area contributed by atoms with Crippen molar-refractivity contribution in [2.45, 2.75) is 18.8 Å². The first-order valence-corrected chi connectivity index (χ1v) is 8.39. The monoisotopic (exact) mass is 345 g/mol. The van der Waals surface area contributed by atoms with E-state index in [2.05, 4.69) is 15.5 Å². The molecule has 1 aromatic carbocycles. The van der Waals surface area contributed by atoms with Crippen LogP contribution in [-0.2, 0) is 0 Å². The molecule has 116 valence electrons. The van der Waals surface area contributed by atoms with Crippen molar-refractivity contribution >= 4 is 34.0 Å². The summed E-state index contributed by atoms with van der Waals surface area (Å²) in [7, 11) is 0. The molecule has 2 aromatic heterocycles. The fourth-order valence-electron chi connectivity index (χ4n) is 2.17. The van der Waals surface area contributed by atoms with Crippen LogP contribution in [0.4, 0.5) is 5.13 Å². The summed E-state index contributed by atoms with van der Waals surface area (Å²) in [6.45, 7) is 0. The summed E-state index contributed by atoms with van der Waals surface area (Å²) < 4.78 is 5.61. The molecule has 0 spiro atoms. The van der Waals surface area contributed by atoms with E-state index in [1.807, 2.05) is 12.1 Å². The maximum Gasteiger partial charge on any atom is 0.293 e. The summed E-state index contributed by atoms with van der Waals surface area (Å²) in [6, 6.07) is 10.6. The van der Waals surface area contributed by atoms with E-state index in [0.29, 0.717) is 21.8 Å². The zero-order valence-corrected chi connectivity index (χ0v) is 13.5. The van der Waals surface area contributed by atoms with Gasteiger partial charge in [-0.25, -0.2) is 0 Å². The van der Waals surface area contributed by atoms with Gasteiger partial charge in [0.05, 0.1) is 0 Å². The molecule has 1 aliphatic rings. The zero-order valence-electron chi connectivity index (χ0n) is 12.0. The van der Waals surface area contributed by atoms with Crippen molar-refractivity contribution in [3.05, 3.63) is 52.2 Å². The molecule has 1 N–H and O–H groups in total. The number of nitrogens with one attached hydrogen (secondary N) is 1. The number of benzene rings is 1. The number of furan rings is 1. The summed E-state index contributed by atoms with van der Waals surface area (Å²) >= 11 is 7.29. The van der Waals surface area contributed by atoms with E-state index in [0.717, 1.165) is 23.4 Å². The van der Waals surface area contributed by atoms with E-state index in [9.17, 15) is 4.79 Å². The number of anilines is 1. The molecule has 3 aromatic rings. The minimum atomic E-state index is -0.330. The summed E-state index contributed by atoms with van der Waals surface area (Å²) in [6.07, 6.45) is 2.32. The Hall–Kier alpha value is -2.18. The van der Waals surface area contributed by atoms with Crippen molar-refractivity contribution in [3.63, 3.8) is 0 Å². The molecule has 0 unspecified atom stereocenters. The van der Waals surface area contributed by atoms with Gasteiger partial charge in [0.15, 0.2) is 5.76 Å². The molecule has 0 radical (unpaired) electrons. The minimum absolute atomic E-state index is 0.234. The second-order valence-corrected chi connectivity index (χ2v) is 6.79. The molecule has 7 heteroatoms. The van der Waals surface area contributed by atoms with Crippen LogP contribution in [0.15, 0.2) is 40.8 Å². The summed E-state index contributed by atoms with van der Waals surface area (Å²) in [5.41, 5.74) is 0.861. The van der Waals surface area contributed by atoms with Gasteiger partial charge in [-0.05, 0) is 49.2 Å². The van der Waals surface area contributed by atoms with Crippen LogP contribution < -0.4 is 5.32 Å². The second kappa shape index (κ2) is 5.79. The van der Waals surface area contributed by atoms with Gasteiger partial charge in [-0.1, -0.05) is 22.9 Å². The number of aromatic nitrogens is 2. The van der Waals surface area contributed by atoms with Gasteiger partial charge in [-0.3, -0.25) is 10.1 Å². The second-order valence-electron chi connectivity index (χ2n) is 5.34. The van der Waals surface area contributed by atoms with Gasteiger partial charge >= 0.3 is 0 Å². The highest BCUT2D eigenvalue weighted by atomic mass is 35.5. The molecule has 23 heavy (non-hydrogen) atoms. The quantitative estimate of drug-likeness (QED) is 0.751. The molecule has 2 heterocycles. The lowest BCUT2D eigenvalue weighted by atomic mass is 10.2. The third kappa shape index (κ3) is 3.13. The Bertz CT molecular complexity index is 852. The highest BCUT2D eigenvalue weighted by molar-refractivity contribution is 7.15. The normalized spacial score (nSPS) is 14.0. The Kier molecular flexibility index (Phi) is 3.63. The van der Waals surface area contributed by atoms with Crippen LogP contribution in [-0.4, -0.2) is 16.1 Å². The number of nitrogens with zero attached hydrogens (tertiary/aromatic N) is 2. The predicted octanol–water partition coefficient (Wildman–Crippen LogP) is 4.58. The molecule has 1 saturated carbocycles. The molecular weight excluding hydrogens is 334 g/mol. The number of carbonyl (C=O) groups is 1. The molecule has 5 nitrogen and oxygen atoms in total. The fraction of sp³-hybridized carbons (Fsp3) is 0.188. The average molecular weight is 346 g/mol. The van der Waals surface area contributed by atoms with Crippen molar-refractivity contribution < 1.29 is 9.21 Å². The van der Waals surface area contributed by atoms with E-state index in [4.69, 9.17) is 16.0 Å². The first kappa shape index (κ1) is 14.4. The molecule has 0 aliphatic heterocycles. The van der Waals surface area contributed by atoms with Gasteiger partial charge < -0.3 is 4.42 Å². The van der Waals surface area contributed by atoms with Gasteiger partial charge in [0.1, 0.15) is 10.8 Å². The number of rotatable bonds is 4. The van der Waals surface area contributed by atoms with Crippen molar-refractivity contribution in [1.29, 1.82) is 0 Å². The predicted molar refractivity (Wildman–Crippen MR) is 89.0 cm³/mol. The van der Waals surface area contributed by atoms with Crippen LogP contribution in [0.3, 0.4) is 0 Å². The Morgan fingerprint density at radius 1 is 1.17 bits per heavy atom. The van der Waals surface area contributed by atoms with Gasteiger partial charge in [0, 0.05) is 16.5 Å². The van der Waals surface area contributed by atoms with E-state index in [1.54, 1.807) is 24.3 Å². The van der Waals surface area contributed by atoms with Crippen molar-refractivity contribution in [3.8, 4) is 11.3 Å².